The summed E-state index contributed by atoms with van der Waals surface area (Å²) in [6, 6.07) is 23.2. The van der Waals surface area contributed by atoms with Crippen LogP contribution in [0.15, 0.2) is 77.6 Å². The molecule has 0 fully saturated rings. The summed E-state index contributed by atoms with van der Waals surface area (Å²) in [5, 5.41) is 1.28. The number of hydrogen-bond acceptors (Lipinski definition) is 3. The van der Waals surface area contributed by atoms with E-state index in [0.717, 1.165) is 24.2 Å². The molecule has 0 spiro atoms. The summed E-state index contributed by atoms with van der Waals surface area (Å²) in [5.41, 5.74) is 2.96. The molecule has 0 bridgehead atoms. The van der Waals surface area contributed by atoms with Crippen LogP contribution in [0.3, 0.4) is 0 Å². The van der Waals surface area contributed by atoms with Crippen LogP contribution in [0.5, 0.6) is 5.75 Å². The first kappa shape index (κ1) is 23.1. The predicted octanol–water partition coefficient (Wildman–Crippen LogP) is 6.87. The van der Waals surface area contributed by atoms with Gasteiger partial charge in [-0.1, -0.05) is 56.6 Å². The zero-order valence-corrected chi connectivity index (χ0v) is 20.1. The zero-order chi connectivity index (χ0) is 23.4. The minimum Gasteiger partial charge on any atom is -0.494 e. The molecule has 0 unspecified atom stereocenters. The summed E-state index contributed by atoms with van der Waals surface area (Å²) in [4.78, 5) is 18.1. The smallest absolute Gasteiger partial charge is 0.261 e. The van der Waals surface area contributed by atoms with E-state index in [4.69, 9.17) is 21.3 Å². The summed E-state index contributed by atoms with van der Waals surface area (Å²) in [6.07, 6.45) is 1.64. The normalized spacial score (nSPS) is 11.6. The van der Waals surface area contributed by atoms with Crippen molar-refractivity contribution in [3.63, 3.8) is 0 Å². The van der Waals surface area contributed by atoms with Gasteiger partial charge in [-0.3, -0.25) is 9.36 Å². The van der Waals surface area contributed by atoms with Crippen molar-refractivity contribution in [1.82, 2.24) is 9.55 Å². The van der Waals surface area contributed by atoms with Crippen LogP contribution < -0.4 is 10.3 Å². The number of halogens is 1. The molecular formula is C28H29ClN2O2. The molecule has 1 heterocycles. The van der Waals surface area contributed by atoms with Crippen LogP contribution in [0.4, 0.5) is 0 Å². The summed E-state index contributed by atoms with van der Waals surface area (Å²) in [7, 11) is 0. The average Bonchev–Trinajstić information content (AvgIpc) is 2.80. The Balaban J connectivity index is 1.46. The lowest BCUT2D eigenvalue weighted by Crippen LogP contribution is -2.24. The molecule has 4 aromatic rings. The van der Waals surface area contributed by atoms with E-state index in [1.165, 1.54) is 5.56 Å². The van der Waals surface area contributed by atoms with Gasteiger partial charge in [0.2, 0.25) is 0 Å². The number of hydrogen-bond donors (Lipinski definition) is 0. The topological polar surface area (TPSA) is 44.1 Å². The SMILES string of the molecule is CC(C)(C)c1ccc(OCCCCn2c(-c3ccc(Cl)cc3)nc3ccccc3c2=O)cc1. The third-order valence-electron chi connectivity index (χ3n) is 5.73. The molecule has 0 atom stereocenters. The molecule has 3 aromatic carbocycles. The van der Waals surface area contributed by atoms with Gasteiger partial charge in [0.15, 0.2) is 0 Å². The van der Waals surface area contributed by atoms with E-state index >= 15 is 0 Å². The number of unbranched alkanes of at least 4 members (excludes halogenated alkanes) is 1. The number of rotatable bonds is 7. The fourth-order valence-electron chi connectivity index (χ4n) is 3.81. The standard InChI is InChI=1S/C28H29ClN2O2/c1-28(2,3)21-12-16-23(17-13-21)33-19-7-6-18-31-26(20-10-14-22(29)15-11-20)30-25-9-5-4-8-24(25)27(31)32/h4-5,8-17H,6-7,18-19H2,1-3H3. The Morgan fingerprint density at radius 1 is 0.909 bits per heavy atom. The maximum absolute atomic E-state index is 13.3. The molecule has 0 aliphatic rings. The van der Waals surface area contributed by atoms with Crippen molar-refractivity contribution in [3.8, 4) is 17.1 Å². The Labute approximate surface area is 199 Å². The maximum Gasteiger partial charge on any atom is 0.261 e. The molecule has 1 aromatic heterocycles. The highest BCUT2D eigenvalue weighted by atomic mass is 35.5. The summed E-state index contributed by atoms with van der Waals surface area (Å²) in [5.74, 6) is 1.53. The van der Waals surface area contributed by atoms with Gasteiger partial charge in [0, 0.05) is 17.1 Å². The van der Waals surface area contributed by atoms with E-state index in [2.05, 4.69) is 32.9 Å². The summed E-state index contributed by atoms with van der Waals surface area (Å²) >= 11 is 6.06. The van der Waals surface area contributed by atoms with Crippen molar-refractivity contribution in [3.05, 3.63) is 93.7 Å². The highest BCUT2D eigenvalue weighted by Crippen LogP contribution is 2.25. The zero-order valence-electron chi connectivity index (χ0n) is 19.3. The summed E-state index contributed by atoms with van der Waals surface area (Å²) in [6.45, 7) is 7.77. The molecule has 5 heteroatoms. The fourth-order valence-corrected chi connectivity index (χ4v) is 3.93. The Morgan fingerprint density at radius 2 is 1.61 bits per heavy atom. The highest BCUT2D eigenvalue weighted by Gasteiger charge is 2.14. The Bertz CT molecular complexity index is 1290. The van der Waals surface area contributed by atoms with E-state index in [1.54, 1.807) is 4.57 Å². The average molecular weight is 461 g/mol. The van der Waals surface area contributed by atoms with Gasteiger partial charge in [0.25, 0.3) is 5.56 Å². The van der Waals surface area contributed by atoms with E-state index in [1.807, 2.05) is 60.7 Å². The quantitative estimate of drug-likeness (QED) is 0.282. The molecule has 0 N–H and O–H groups in total. The number of para-hydroxylation sites is 1. The lowest BCUT2D eigenvalue weighted by Gasteiger charge is -2.19. The van der Waals surface area contributed by atoms with Crippen molar-refractivity contribution in [2.45, 2.75) is 45.6 Å². The lowest BCUT2D eigenvalue weighted by molar-refractivity contribution is 0.303. The number of fused-ring (bicyclic) bond motifs is 1. The molecule has 0 amide bonds. The lowest BCUT2D eigenvalue weighted by atomic mass is 9.87. The first-order valence-corrected chi connectivity index (χ1v) is 11.7. The predicted molar refractivity (Wildman–Crippen MR) is 136 cm³/mol. The minimum atomic E-state index is -0.0239. The molecular weight excluding hydrogens is 432 g/mol. The molecule has 4 rings (SSSR count). The van der Waals surface area contributed by atoms with Gasteiger partial charge in [-0.05, 0) is 72.4 Å². The largest absolute Gasteiger partial charge is 0.494 e. The van der Waals surface area contributed by atoms with Gasteiger partial charge >= 0.3 is 0 Å². The number of nitrogens with zero attached hydrogens (tertiary/aromatic N) is 2. The van der Waals surface area contributed by atoms with E-state index in [9.17, 15) is 4.79 Å². The van der Waals surface area contributed by atoms with Crippen molar-refractivity contribution >= 4 is 22.5 Å². The van der Waals surface area contributed by atoms with Crippen LogP contribution in [-0.4, -0.2) is 16.2 Å². The van der Waals surface area contributed by atoms with Gasteiger partial charge in [0.1, 0.15) is 11.6 Å². The Hall–Kier alpha value is -3.11. The third kappa shape index (κ3) is 5.45. The van der Waals surface area contributed by atoms with E-state index < -0.39 is 0 Å². The van der Waals surface area contributed by atoms with Crippen LogP contribution in [0.1, 0.15) is 39.2 Å². The van der Waals surface area contributed by atoms with Crippen LogP contribution in [0.25, 0.3) is 22.3 Å². The molecule has 33 heavy (non-hydrogen) atoms. The fraction of sp³-hybridized carbons (Fsp3) is 0.286. The van der Waals surface area contributed by atoms with Crippen LogP contribution in [-0.2, 0) is 12.0 Å². The van der Waals surface area contributed by atoms with Crippen LogP contribution in [0.2, 0.25) is 5.02 Å². The molecule has 0 aliphatic heterocycles. The first-order chi connectivity index (χ1) is 15.8. The van der Waals surface area contributed by atoms with Gasteiger partial charge in [-0.15, -0.1) is 0 Å². The van der Waals surface area contributed by atoms with Gasteiger partial charge in [-0.2, -0.15) is 0 Å². The van der Waals surface area contributed by atoms with Gasteiger partial charge < -0.3 is 4.74 Å². The van der Waals surface area contributed by atoms with E-state index in [0.29, 0.717) is 34.9 Å². The number of ether oxygens (including phenoxy) is 1. The molecule has 170 valence electrons. The molecule has 0 saturated carbocycles. The van der Waals surface area contributed by atoms with Gasteiger partial charge in [-0.25, -0.2) is 4.98 Å². The molecule has 4 nitrogen and oxygen atoms in total. The third-order valence-corrected chi connectivity index (χ3v) is 5.98. The minimum absolute atomic E-state index is 0.0239. The Morgan fingerprint density at radius 3 is 2.30 bits per heavy atom. The van der Waals surface area contributed by atoms with E-state index in [-0.39, 0.29) is 11.0 Å². The molecule has 0 radical (unpaired) electrons. The van der Waals surface area contributed by atoms with Crippen molar-refractivity contribution in [2.75, 3.05) is 6.61 Å². The van der Waals surface area contributed by atoms with Gasteiger partial charge in [0.05, 0.1) is 17.5 Å². The summed E-state index contributed by atoms with van der Waals surface area (Å²) < 4.78 is 7.69. The second-order valence-corrected chi connectivity index (χ2v) is 9.68. The second kappa shape index (κ2) is 9.80. The van der Waals surface area contributed by atoms with Crippen molar-refractivity contribution in [2.24, 2.45) is 0 Å². The van der Waals surface area contributed by atoms with Crippen LogP contribution in [0, 0.1) is 0 Å². The second-order valence-electron chi connectivity index (χ2n) is 9.25. The molecule has 0 saturated heterocycles. The number of aromatic nitrogens is 2. The molecule has 0 aliphatic carbocycles. The van der Waals surface area contributed by atoms with Crippen molar-refractivity contribution in [1.29, 1.82) is 0 Å². The maximum atomic E-state index is 13.3. The first-order valence-electron chi connectivity index (χ1n) is 11.3. The number of benzene rings is 3. The Kier molecular flexibility index (Phi) is 6.85. The van der Waals surface area contributed by atoms with Crippen LogP contribution >= 0.6 is 11.6 Å². The van der Waals surface area contributed by atoms with Crippen molar-refractivity contribution < 1.29 is 4.74 Å². The monoisotopic (exact) mass is 460 g/mol. The highest BCUT2D eigenvalue weighted by molar-refractivity contribution is 6.30.